The fourth-order valence-electron chi connectivity index (χ4n) is 0.921. The number of rotatable bonds is 4. The zero-order chi connectivity index (χ0) is 11.3. The number of carbonyl (C=O) groups is 1. The van der Waals surface area contributed by atoms with E-state index in [9.17, 15) is 9.18 Å². The van der Waals surface area contributed by atoms with Crippen molar-refractivity contribution in [3.05, 3.63) is 24.0 Å². The standard InChI is InChI=1S/C10H9BrFNO2/c1-15-10-4-8(2-3-9(10)12)13-5-7(11)6-14/h2-7H,1H3/b13-5+. The second-order valence-corrected chi connectivity index (χ2v) is 3.73. The van der Waals surface area contributed by atoms with Crippen LogP contribution in [0.15, 0.2) is 23.2 Å². The summed E-state index contributed by atoms with van der Waals surface area (Å²) in [4.78, 5) is 13.8. The van der Waals surface area contributed by atoms with Gasteiger partial charge >= 0.3 is 0 Å². The molecule has 0 heterocycles. The Hall–Kier alpha value is -1.23. The van der Waals surface area contributed by atoms with Gasteiger partial charge in [0, 0.05) is 12.3 Å². The number of halogens is 2. The van der Waals surface area contributed by atoms with Crippen molar-refractivity contribution in [2.75, 3.05) is 7.11 Å². The Bertz CT molecular complexity index is 382. The molecule has 1 atom stereocenters. The first-order valence-corrected chi connectivity index (χ1v) is 5.06. The van der Waals surface area contributed by atoms with Crippen LogP contribution in [0.3, 0.4) is 0 Å². The molecule has 0 aliphatic carbocycles. The van der Waals surface area contributed by atoms with Crippen LogP contribution in [-0.4, -0.2) is 24.4 Å². The van der Waals surface area contributed by atoms with E-state index in [0.29, 0.717) is 12.0 Å². The molecule has 80 valence electrons. The molecule has 15 heavy (non-hydrogen) atoms. The molecule has 0 saturated carbocycles. The molecule has 1 aromatic carbocycles. The third kappa shape index (κ3) is 3.43. The van der Waals surface area contributed by atoms with Gasteiger partial charge in [0.15, 0.2) is 11.6 Å². The molecule has 0 N–H and O–H groups in total. The largest absolute Gasteiger partial charge is 0.494 e. The van der Waals surface area contributed by atoms with Gasteiger partial charge in [0.1, 0.15) is 11.1 Å². The monoisotopic (exact) mass is 273 g/mol. The van der Waals surface area contributed by atoms with E-state index in [2.05, 4.69) is 20.9 Å². The van der Waals surface area contributed by atoms with Crippen LogP contribution in [0.4, 0.5) is 10.1 Å². The van der Waals surface area contributed by atoms with Gasteiger partial charge in [0.05, 0.1) is 12.8 Å². The number of carbonyl (C=O) groups excluding carboxylic acids is 1. The van der Waals surface area contributed by atoms with E-state index >= 15 is 0 Å². The SMILES string of the molecule is COc1cc(/N=C/C(Br)C=O)ccc1F. The second kappa shape index (κ2) is 5.60. The van der Waals surface area contributed by atoms with Gasteiger partial charge in [-0.15, -0.1) is 0 Å². The van der Waals surface area contributed by atoms with E-state index in [0.717, 1.165) is 0 Å². The average molecular weight is 274 g/mol. The predicted molar refractivity (Wildman–Crippen MR) is 59.9 cm³/mol. The molecule has 0 radical (unpaired) electrons. The van der Waals surface area contributed by atoms with Gasteiger partial charge in [-0.3, -0.25) is 4.99 Å². The number of hydrogen-bond acceptors (Lipinski definition) is 3. The van der Waals surface area contributed by atoms with E-state index in [-0.39, 0.29) is 5.75 Å². The molecule has 3 nitrogen and oxygen atoms in total. The average Bonchev–Trinajstić information content (AvgIpc) is 2.27. The van der Waals surface area contributed by atoms with Gasteiger partial charge in [-0.1, -0.05) is 15.9 Å². The molecular formula is C10H9BrFNO2. The van der Waals surface area contributed by atoms with Crippen molar-refractivity contribution in [2.45, 2.75) is 4.83 Å². The number of alkyl halides is 1. The van der Waals surface area contributed by atoms with E-state index in [4.69, 9.17) is 4.74 Å². The van der Waals surface area contributed by atoms with Crippen LogP contribution in [0.2, 0.25) is 0 Å². The lowest BCUT2D eigenvalue weighted by Crippen LogP contribution is -1.98. The molecule has 0 saturated heterocycles. The normalized spacial score (nSPS) is 12.7. The summed E-state index contributed by atoms with van der Waals surface area (Å²) in [6.07, 6.45) is 2.12. The van der Waals surface area contributed by atoms with Gasteiger partial charge in [0.25, 0.3) is 0 Å². The van der Waals surface area contributed by atoms with Crippen molar-refractivity contribution in [3.8, 4) is 5.75 Å². The summed E-state index contributed by atoms with van der Waals surface area (Å²) in [5.74, 6) is -0.316. The van der Waals surface area contributed by atoms with Crippen LogP contribution < -0.4 is 4.74 Å². The molecular weight excluding hydrogens is 265 g/mol. The van der Waals surface area contributed by atoms with Crippen LogP contribution >= 0.6 is 15.9 Å². The molecule has 0 fully saturated rings. The second-order valence-electron chi connectivity index (χ2n) is 2.68. The highest BCUT2D eigenvalue weighted by Crippen LogP contribution is 2.23. The van der Waals surface area contributed by atoms with Crippen molar-refractivity contribution >= 4 is 34.1 Å². The quantitative estimate of drug-likeness (QED) is 0.480. The molecule has 0 bridgehead atoms. The number of ether oxygens (including phenoxy) is 1. The van der Waals surface area contributed by atoms with Gasteiger partial charge in [-0.2, -0.15) is 0 Å². The summed E-state index contributed by atoms with van der Waals surface area (Å²) in [5.41, 5.74) is 0.527. The summed E-state index contributed by atoms with van der Waals surface area (Å²) in [6, 6.07) is 4.21. The number of benzene rings is 1. The third-order valence-corrected chi connectivity index (χ3v) is 2.08. The summed E-state index contributed by atoms with van der Waals surface area (Å²) in [5, 5.41) is 0. The summed E-state index contributed by atoms with van der Waals surface area (Å²) in [6.45, 7) is 0. The highest BCUT2D eigenvalue weighted by atomic mass is 79.9. The molecule has 1 aromatic rings. The minimum absolute atomic E-state index is 0.127. The maximum Gasteiger partial charge on any atom is 0.165 e. The highest BCUT2D eigenvalue weighted by Gasteiger charge is 2.02. The zero-order valence-corrected chi connectivity index (χ0v) is 9.57. The number of methoxy groups -OCH3 is 1. The maximum atomic E-state index is 13.0. The van der Waals surface area contributed by atoms with Gasteiger partial charge in [0.2, 0.25) is 0 Å². The Balaban J connectivity index is 2.87. The number of hydrogen-bond donors (Lipinski definition) is 0. The molecule has 0 amide bonds. The third-order valence-electron chi connectivity index (χ3n) is 1.63. The number of aliphatic imine (C=N–C) groups is 1. The Kier molecular flexibility index (Phi) is 4.42. The van der Waals surface area contributed by atoms with Crippen molar-refractivity contribution in [3.63, 3.8) is 0 Å². The Morgan fingerprint density at radius 2 is 2.33 bits per heavy atom. The number of nitrogens with zero attached hydrogens (tertiary/aromatic N) is 1. The highest BCUT2D eigenvalue weighted by molar-refractivity contribution is 9.10. The van der Waals surface area contributed by atoms with E-state index in [1.807, 2.05) is 0 Å². The Morgan fingerprint density at radius 1 is 1.60 bits per heavy atom. The summed E-state index contributed by atoms with van der Waals surface area (Å²) >= 11 is 3.06. The lowest BCUT2D eigenvalue weighted by atomic mass is 10.3. The topological polar surface area (TPSA) is 38.7 Å². The van der Waals surface area contributed by atoms with E-state index < -0.39 is 10.6 Å². The smallest absolute Gasteiger partial charge is 0.165 e. The van der Waals surface area contributed by atoms with Crippen molar-refractivity contribution < 1.29 is 13.9 Å². The van der Waals surface area contributed by atoms with Crippen LogP contribution in [0.25, 0.3) is 0 Å². The van der Waals surface area contributed by atoms with Crippen molar-refractivity contribution in [1.29, 1.82) is 0 Å². The molecule has 1 rings (SSSR count). The van der Waals surface area contributed by atoms with Crippen molar-refractivity contribution in [2.24, 2.45) is 4.99 Å². The minimum Gasteiger partial charge on any atom is -0.494 e. The first-order chi connectivity index (χ1) is 7.17. The fourth-order valence-corrected chi connectivity index (χ4v) is 1.04. The van der Waals surface area contributed by atoms with E-state index in [1.165, 1.54) is 31.5 Å². The summed E-state index contributed by atoms with van der Waals surface area (Å²) in [7, 11) is 1.38. The van der Waals surface area contributed by atoms with Crippen LogP contribution in [0.1, 0.15) is 0 Å². The first kappa shape index (κ1) is 11.8. The maximum absolute atomic E-state index is 13.0. The first-order valence-electron chi connectivity index (χ1n) is 4.14. The summed E-state index contributed by atoms with van der Waals surface area (Å²) < 4.78 is 17.8. The fraction of sp³-hybridized carbons (Fsp3) is 0.200. The van der Waals surface area contributed by atoms with E-state index in [1.54, 1.807) is 0 Å². The minimum atomic E-state index is -0.442. The molecule has 1 unspecified atom stereocenters. The van der Waals surface area contributed by atoms with Crippen LogP contribution in [-0.2, 0) is 4.79 Å². The Morgan fingerprint density at radius 3 is 2.93 bits per heavy atom. The van der Waals surface area contributed by atoms with Gasteiger partial charge < -0.3 is 9.53 Å². The molecule has 0 aliphatic rings. The Labute approximate surface area is 95.1 Å². The molecule has 5 heteroatoms. The number of aldehydes is 1. The van der Waals surface area contributed by atoms with Gasteiger partial charge in [-0.25, -0.2) is 4.39 Å². The zero-order valence-electron chi connectivity index (χ0n) is 7.98. The lowest BCUT2D eigenvalue weighted by molar-refractivity contribution is -0.106. The van der Waals surface area contributed by atoms with Gasteiger partial charge in [-0.05, 0) is 12.1 Å². The van der Waals surface area contributed by atoms with Crippen LogP contribution in [0, 0.1) is 5.82 Å². The van der Waals surface area contributed by atoms with Crippen LogP contribution in [0.5, 0.6) is 5.75 Å². The molecule has 0 aliphatic heterocycles. The van der Waals surface area contributed by atoms with Crippen molar-refractivity contribution in [1.82, 2.24) is 0 Å². The molecule has 0 spiro atoms. The lowest BCUT2D eigenvalue weighted by Gasteiger charge is -2.02. The molecule has 0 aromatic heterocycles. The predicted octanol–water partition coefficient (Wildman–Crippen LogP) is 2.50.